The molecule has 0 saturated carbocycles. The van der Waals surface area contributed by atoms with E-state index in [1.165, 1.54) is 5.56 Å². The van der Waals surface area contributed by atoms with Crippen LogP contribution in [0.15, 0.2) is 30.7 Å². The van der Waals surface area contributed by atoms with Crippen molar-refractivity contribution in [2.24, 2.45) is 0 Å². The van der Waals surface area contributed by atoms with Crippen molar-refractivity contribution in [3.05, 3.63) is 41.9 Å². The van der Waals surface area contributed by atoms with E-state index in [1.54, 1.807) is 18.6 Å². The molecule has 2 heterocycles. The monoisotopic (exact) mass is 229 g/mol. The molecule has 0 fully saturated rings. The summed E-state index contributed by atoms with van der Waals surface area (Å²) in [4.78, 5) is 14.2. The van der Waals surface area contributed by atoms with Crippen molar-refractivity contribution >= 4 is 11.8 Å². The second-order valence-corrected chi connectivity index (χ2v) is 3.95. The van der Waals surface area contributed by atoms with E-state index in [4.69, 9.17) is 5.73 Å². The van der Waals surface area contributed by atoms with Gasteiger partial charge in [0.05, 0.1) is 0 Å². The molecular weight excluding hydrogens is 214 g/mol. The lowest BCUT2D eigenvalue weighted by Gasteiger charge is -2.20. The van der Waals surface area contributed by atoms with Gasteiger partial charge in [0.2, 0.25) is 5.95 Å². The lowest BCUT2D eigenvalue weighted by atomic mass is 10.2. The van der Waals surface area contributed by atoms with Crippen molar-refractivity contribution in [3.8, 4) is 0 Å². The van der Waals surface area contributed by atoms with Gasteiger partial charge in [0.25, 0.3) is 0 Å². The van der Waals surface area contributed by atoms with E-state index in [2.05, 4.69) is 15.0 Å². The number of rotatable bonds is 3. The van der Waals surface area contributed by atoms with Crippen molar-refractivity contribution in [2.75, 3.05) is 17.7 Å². The van der Waals surface area contributed by atoms with E-state index in [9.17, 15) is 0 Å². The van der Waals surface area contributed by atoms with Crippen LogP contribution in [0.1, 0.15) is 11.1 Å². The summed E-state index contributed by atoms with van der Waals surface area (Å²) < 4.78 is 0. The molecule has 0 bridgehead atoms. The van der Waals surface area contributed by atoms with Crippen LogP contribution in [0.3, 0.4) is 0 Å². The smallest absolute Gasteiger partial charge is 0.221 e. The Bertz CT molecular complexity index is 498. The van der Waals surface area contributed by atoms with Crippen LogP contribution in [0.4, 0.5) is 11.8 Å². The van der Waals surface area contributed by atoms with Crippen LogP contribution in [-0.4, -0.2) is 22.0 Å². The fourth-order valence-corrected chi connectivity index (χ4v) is 1.67. The summed E-state index contributed by atoms with van der Waals surface area (Å²) in [5.74, 6) is 1.15. The summed E-state index contributed by atoms with van der Waals surface area (Å²) in [6.07, 6.45) is 5.30. The molecule has 2 aromatic heterocycles. The molecule has 5 heteroatoms. The summed E-state index contributed by atoms with van der Waals surface area (Å²) in [6, 6.07) is 3.97. The summed E-state index contributed by atoms with van der Waals surface area (Å²) in [5.41, 5.74) is 7.79. The van der Waals surface area contributed by atoms with E-state index in [1.807, 2.05) is 31.0 Å². The van der Waals surface area contributed by atoms with Gasteiger partial charge in [-0.2, -0.15) is 4.98 Å². The molecule has 0 amide bonds. The predicted molar refractivity (Wildman–Crippen MR) is 67.5 cm³/mol. The van der Waals surface area contributed by atoms with Gasteiger partial charge in [-0.15, -0.1) is 0 Å². The summed E-state index contributed by atoms with van der Waals surface area (Å²) in [7, 11) is 1.98. The molecule has 2 aromatic rings. The molecule has 0 saturated heterocycles. The summed E-state index contributed by atoms with van der Waals surface area (Å²) >= 11 is 0. The molecule has 0 aliphatic rings. The molecule has 0 unspecified atom stereocenters. The zero-order valence-corrected chi connectivity index (χ0v) is 9.96. The third-order valence-electron chi connectivity index (χ3n) is 2.49. The van der Waals surface area contributed by atoms with Crippen molar-refractivity contribution in [1.82, 2.24) is 15.0 Å². The molecule has 2 N–H and O–H groups in total. The van der Waals surface area contributed by atoms with Gasteiger partial charge in [0, 0.05) is 37.7 Å². The van der Waals surface area contributed by atoms with Crippen LogP contribution in [-0.2, 0) is 6.54 Å². The number of pyridine rings is 1. The largest absolute Gasteiger partial charge is 0.368 e. The first-order chi connectivity index (χ1) is 8.16. The highest BCUT2D eigenvalue weighted by Crippen LogP contribution is 2.17. The maximum atomic E-state index is 5.60. The number of nitrogens with two attached hydrogens (primary N) is 1. The van der Waals surface area contributed by atoms with E-state index < -0.39 is 0 Å². The molecule has 0 aromatic carbocycles. The first-order valence-electron chi connectivity index (χ1n) is 5.36. The molecule has 0 atom stereocenters. The van der Waals surface area contributed by atoms with E-state index in [-0.39, 0.29) is 0 Å². The zero-order chi connectivity index (χ0) is 12.3. The van der Waals surface area contributed by atoms with Gasteiger partial charge in [0.15, 0.2) is 0 Å². The van der Waals surface area contributed by atoms with Gasteiger partial charge in [-0.3, -0.25) is 4.98 Å². The second kappa shape index (κ2) is 4.78. The van der Waals surface area contributed by atoms with Crippen LogP contribution in [0.25, 0.3) is 0 Å². The number of aryl methyl sites for hydroxylation is 1. The first kappa shape index (κ1) is 11.3. The Labute approximate surface area is 100 Å². The fourth-order valence-electron chi connectivity index (χ4n) is 1.67. The third kappa shape index (κ3) is 2.69. The third-order valence-corrected chi connectivity index (χ3v) is 2.49. The molecule has 17 heavy (non-hydrogen) atoms. The number of hydrogen-bond acceptors (Lipinski definition) is 5. The fraction of sp³-hybridized carbons (Fsp3) is 0.250. The van der Waals surface area contributed by atoms with Crippen LogP contribution in [0.5, 0.6) is 0 Å². The predicted octanol–water partition coefficient (Wildman–Crippen LogP) is 1.40. The Hall–Kier alpha value is -2.17. The van der Waals surface area contributed by atoms with Gasteiger partial charge in [0.1, 0.15) is 5.82 Å². The average molecular weight is 229 g/mol. The summed E-state index contributed by atoms with van der Waals surface area (Å²) in [5, 5.41) is 0. The lowest BCUT2D eigenvalue weighted by molar-refractivity contribution is 0.883. The van der Waals surface area contributed by atoms with Gasteiger partial charge in [-0.25, -0.2) is 4.98 Å². The number of nitrogens with zero attached hydrogens (tertiary/aromatic N) is 4. The minimum absolute atomic E-state index is 0.298. The van der Waals surface area contributed by atoms with Gasteiger partial charge >= 0.3 is 0 Å². The number of hydrogen-bond donors (Lipinski definition) is 1. The molecule has 0 radical (unpaired) electrons. The molecule has 2 rings (SSSR count). The normalized spacial score (nSPS) is 10.2. The van der Waals surface area contributed by atoms with Crippen LogP contribution < -0.4 is 10.6 Å². The minimum Gasteiger partial charge on any atom is -0.368 e. The maximum Gasteiger partial charge on any atom is 0.221 e. The quantitative estimate of drug-likeness (QED) is 0.861. The SMILES string of the molecule is Cc1cnc(N)nc1N(C)Cc1ccncc1. The Morgan fingerprint density at radius 1 is 1.29 bits per heavy atom. The Kier molecular flexibility index (Phi) is 3.18. The highest BCUT2D eigenvalue weighted by Gasteiger charge is 2.08. The lowest BCUT2D eigenvalue weighted by Crippen LogP contribution is -2.19. The Morgan fingerprint density at radius 3 is 2.71 bits per heavy atom. The average Bonchev–Trinajstić information content (AvgIpc) is 2.33. The Morgan fingerprint density at radius 2 is 2.00 bits per heavy atom. The highest BCUT2D eigenvalue weighted by atomic mass is 15.2. The maximum absolute atomic E-state index is 5.60. The number of aromatic nitrogens is 3. The molecule has 0 aliphatic carbocycles. The molecule has 0 aliphatic heterocycles. The van der Waals surface area contributed by atoms with E-state index >= 15 is 0 Å². The second-order valence-electron chi connectivity index (χ2n) is 3.95. The van der Waals surface area contributed by atoms with Crippen LogP contribution in [0.2, 0.25) is 0 Å². The highest BCUT2D eigenvalue weighted by molar-refractivity contribution is 5.47. The van der Waals surface area contributed by atoms with Crippen molar-refractivity contribution < 1.29 is 0 Å². The topological polar surface area (TPSA) is 67.9 Å². The van der Waals surface area contributed by atoms with Gasteiger partial charge in [-0.05, 0) is 24.6 Å². The summed E-state index contributed by atoms with van der Waals surface area (Å²) in [6.45, 7) is 2.73. The van der Waals surface area contributed by atoms with Crippen molar-refractivity contribution in [3.63, 3.8) is 0 Å². The zero-order valence-electron chi connectivity index (χ0n) is 9.96. The molecular formula is C12H15N5. The van der Waals surface area contributed by atoms with Crippen molar-refractivity contribution in [1.29, 1.82) is 0 Å². The molecule has 0 spiro atoms. The van der Waals surface area contributed by atoms with E-state index in [0.717, 1.165) is 17.9 Å². The van der Waals surface area contributed by atoms with Gasteiger partial charge in [-0.1, -0.05) is 0 Å². The number of anilines is 2. The Balaban J connectivity index is 2.20. The van der Waals surface area contributed by atoms with Crippen LogP contribution in [0, 0.1) is 6.92 Å². The van der Waals surface area contributed by atoms with Gasteiger partial charge < -0.3 is 10.6 Å². The first-order valence-corrected chi connectivity index (χ1v) is 5.36. The van der Waals surface area contributed by atoms with Crippen LogP contribution >= 0.6 is 0 Å². The molecule has 5 nitrogen and oxygen atoms in total. The standard InChI is InChI=1S/C12H15N5/c1-9-7-15-12(13)16-11(9)17(2)8-10-3-5-14-6-4-10/h3-7H,8H2,1-2H3,(H2,13,15,16). The van der Waals surface area contributed by atoms with Crippen molar-refractivity contribution in [2.45, 2.75) is 13.5 Å². The molecule has 88 valence electrons. The minimum atomic E-state index is 0.298. The number of nitrogen functional groups attached to an aromatic ring is 1. The van der Waals surface area contributed by atoms with E-state index in [0.29, 0.717) is 5.95 Å².